The topological polar surface area (TPSA) is 83.8 Å². The molecule has 0 saturated carbocycles. The zero-order valence-corrected chi connectivity index (χ0v) is 12.1. The van der Waals surface area contributed by atoms with Crippen LogP contribution in [0.5, 0.6) is 0 Å². The standard InChI is InChI=1S/C15H14N4OS/c16-8-4-5-11-9(6-8)10(7-17-11)14(20)19-15-18-12-2-1-3-13(12)21-15/h4-7,17H,1-3,16H2,(H,18,19,20). The number of anilines is 2. The molecule has 0 saturated heterocycles. The molecule has 1 aliphatic carbocycles. The summed E-state index contributed by atoms with van der Waals surface area (Å²) in [5.41, 5.74) is 9.07. The van der Waals surface area contributed by atoms with Gasteiger partial charge < -0.3 is 10.7 Å². The summed E-state index contributed by atoms with van der Waals surface area (Å²) in [4.78, 5) is 21.3. The van der Waals surface area contributed by atoms with E-state index in [9.17, 15) is 4.79 Å². The fraction of sp³-hybridized carbons (Fsp3) is 0.200. The van der Waals surface area contributed by atoms with E-state index in [0.717, 1.165) is 29.4 Å². The molecule has 0 aliphatic heterocycles. The molecule has 21 heavy (non-hydrogen) atoms. The highest BCUT2D eigenvalue weighted by molar-refractivity contribution is 7.16. The van der Waals surface area contributed by atoms with Crippen molar-refractivity contribution in [3.63, 3.8) is 0 Å². The molecule has 0 atom stereocenters. The van der Waals surface area contributed by atoms with Gasteiger partial charge >= 0.3 is 0 Å². The summed E-state index contributed by atoms with van der Waals surface area (Å²) in [6.45, 7) is 0. The number of nitrogens with one attached hydrogen (secondary N) is 2. The Morgan fingerprint density at radius 1 is 1.38 bits per heavy atom. The van der Waals surface area contributed by atoms with Crippen LogP contribution in [0.1, 0.15) is 27.3 Å². The van der Waals surface area contributed by atoms with Gasteiger partial charge in [0.15, 0.2) is 5.13 Å². The van der Waals surface area contributed by atoms with Gasteiger partial charge in [-0.2, -0.15) is 0 Å². The SMILES string of the molecule is Nc1ccc2[nH]cc(C(=O)Nc3nc4c(s3)CCC4)c2c1. The number of carbonyl (C=O) groups is 1. The first-order valence-electron chi connectivity index (χ1n) is 6.87. The first kappa shape index (κ1) is 12.4. The summed E-state index contributed by atoms with van der Waals surface area (Å²) >= 11 is 1.58. The number of nitrogens with zero attached hydrogens (tertiary/aromatic N) is 1. The van der Waals surface area contributed by atoms with Crippen LogP contribution < -0.4 is 11.1 Å². The van der Waals surface area contributed by atoms with Gasteiger partial charge in [-0.25, -0.2) is 4.98 Å². The molecule has 4 N–H and O–H groups in total. The molecule has 1 amide bonds. The lowest BCUT2D eigenvalue weighted by Gasteiger charge is -2.01. The van der Waals surface area contributed by atoms with Crippen molar-refractivity contribution in [2.75, 3.05) is 11.1 Å². The van der Waals surface area contributed by atoms with E-state index >= 15 is 0 Å². The number of nitrogen functional groups attached to an aromatic ring is 1. The number of hydrogen-bond donors (Lipinski definition) is 3. The third kappa shape index (κ3) is 2.08. The van der Waals surface area contributed by atoms with Crippen molar-refractivity contribution in [3.8, 4) is 0 Å². The molecule has 1 aliphatic rings. The summed E-state index contributed by atoms with van der Waals surface area (Å²) in [6, 6.07) is 5.49. The highest BCUT2D eigenvalue weighted by atomic mass is 32.1. The maximum Gasteiger partial charge on any atom is 0.259 e. The molecule has 3 aromatic rings. The van der Waals surface area contributed by atoms with Crippen LogP contribution in [0.4, 0.5) is 10.8 Å². The monoisotopic (exact) mass is 298 g/mol. The molecule has 0 radical (unpaired) electrons. The Morgan fingerprint density at radius 3 is 3.14 bits per heavy atom. The number of H-pyrrole nitrogens is 1. The first-order valence-corrected chi connectivity index (χ1v) is 7.69. The van der Waals surface area contributed by atoms with E-state index in [1.54, 1.807) is 17.5 Å². The smallest absolute Gasteiger partial charge is 0.259 e. The molecule has 6 heteroatoms. The molecular formula is C15H14N4OS. The summed E-state index contributed by atoms with van der Waals surface area (Å²) in [5.74, 6) is -0.153. The predicted molar refractivity (Wildman–Crippen MR) is 84.8 cm³/mol. The molecule has 2 heterocycles. The van der Waals surface area contributed by atoms with Crippen LogP contribution in [0, 0.1) is 0 Å². The van der Waals surface area contributed by atoms with Crippen molar-refractivity contribution >= 4 is 39.0 Å². The van der Waals surface area contributed by atoms with Crippen molar-refractivity contribution in [2.45, 2.75) is 19.3 Å². The van der Waals surface area contributed by atoms with Crippen LogP contribution in [0.3, 0.4) is 0 Å². The predicted octanol–water partition coefficient (Wildman–Crippen LogP) is 2.95. The number of aromatic nitrogens is 2. The Kier molecular flexibility index (Phi) is 2.71. The Labute approximate surface area is 125 Å². The molecule has 0 bridgehead atoms. The zero-order valence-electron chi connectivity index (χ0n) is 11.3. The number of aromatic amines is 1. The molecule has 1 aromatic carbocycles. The van der Waals surface area contributed by atoms with Gasteiger partial charge in [0.2, 0.25) is 0 Å². The number of rotatable bonds is 2. The van der Waals surface area contributed by atoms with Crippen LogP contribution in [-0.2, 0) is 12.8 Å². The molecular weight excluding hydrogens is 284 g/mol. The Morgan fingerprint density at radius 2 is 2.29 bits per heavy atom. The number of nitrogens with two attached hydrogens (primary N) is 1. The van der Waals surface area contributed by atoms with Gasteiger partial charge in [0.05, 0.1) is 11.3 Å². The van der Waals surface area contributed by atoms with Gasteiger partial charge in [0.1, 0.15) is 0 Å². The Bertz CT molecular complexity index is 827. The number of amides is 1. The highest BCUT2D eigenvalue weighted by Gasteiger charge is 2.19. The van der Waals surface area contributed by atoms with Crippen molar-refractivity contribution in [2.24, 2.45) is 0 Å². The maximum atomic E-state index is 12.4. The van der Waals surface area contributed by atoms with Crippen LogP contribution in [-0.4, -0.2) is 15.9 Å². The zero-order chi connectivity index (χ0) is 14.4. The van der Waals surface area contributed by atoms with E-state index in [-0.39, 0.29) is 5.91 Å². The van der Waals surface area contributed by atoms with Gasteiger partial charge in [-0.3, -0.25) is 10.1 Å². The largest absolute Gasteiger partial charge is 0.399 e. The van der Waals surface area contributed by atoms with Crippen molar-refractivity contribution in [1.82, 2.24) is 9.97 Å². The lowest BCUT2D eigenvalue weighted by atomic mass is 10.1. The number of fused-ring (bicyclic) bond motifs is 2. The molecule has 5 nitrogen and oxygen atoms in total. The normalized spacial score (nSPS) is 13.5. The average molecular weight is 298 g/mol. The second kappa shape index (κ2) is 4.60. The molecule has 106 valence electrons. The highest BCUT2D eigenvalue weighted by Crippen LogP contribution is 2.31. The van der Waals surface area contributed by atoms with Crippen LogP contribution >= 0.6 is 11.3 Å². The Hall–Kier alpha value is -2.34. The van der Waals surface area contributed by atoms with E-state index in [1.165, 1.54) is 11.3 Å². The molecule has 2 aromatic heterocycles. The lowest BCUT2D eigenvalue weighted by molar-refractivity contribution is 0.102. The minimum atomic E-state index is -0.153. The van der Waals surface area contributed by atoms with E-state index in [4.69, 9.17) is 5.73 Å². The van der Waals surface area contributed by atoms with Crippen LogP contribution in [0.2, 0.25) is 0 Å². The van der Waals surface area contributed by atoms with Crippen LogP contribution in [0.25, 0.3) is 10.9 Å². The molecule has 0 spiro atoms. The second-order valence-corrected chi connectivity index (χ2v) is 6.29. The number of carbonyl (C=O) groups excluding carboxylic acids is 1. The van der Waals surface area contributed by atoms with Gasteiger partial charge in [-0.15, -0.1) is 11.3 Å². The lowest BCUT2D eigenvalue weighted by Crippen LogP contribution is -2.11. The van der Waals surface area contributed by atoms with Gasteiger partial charge in [-0.1, -0.05) is 0 Å². The van der Waals surface area contributed by atoms with Gasteiger partial charge in [0.25, 0.3) is 5.91 Å². The maximum absolute atomic E-state index is 12.4. The molecule has 0 fully saturated rings. The van der Waals surface area contributed by atoms with E-state index < -0.39 is 0 Å². The van der Waals surface area contributed by atoms with E-state index in [2.05, 4.69) is 15.3 Å². The number of benzene rings is 1. The second-order valence-electron chi connectivity index (χ2n) is 5.20. The van der Waals surface area contributed by atoms with E-state index in [0.29, 0.717) is 16.4 Å². The number of thiazole rings is 1. The number of aryl methyl sites for hydroxylation is 2. The first-order chi connectivity index (χ1) is 10.2. The van der Waals surface area contributed by atoms with Gasteiger partial charge in [-0.05, 0) is 37.5 Å². The Balaban J connectivity index is 1.65. The third-order valence-corrected chi connectivity index (χ3v) is 4.84. The minimum absolute atomic E-state index is 0.153. The fourth-order valence-electron chi connectivity index (χ4n) is 2.73. The summed E-state index contributed by atoms with van der Waals surface area (Å²) < 4.78 is 0. The summed E-state index contributed by atoms with van der Waals surface area (Å²) in [6.07, 6.45) is 4.97. The van der Waals surface area contributed by atoms with Crippen molar-refractivity contribution in [3.05, 3.63) is 40.5 Å². The molecule has 4 rings (SSSR count). The quantitative estimate of drug-likeness (QED) is 0.636. The third-order valence-electron chi connectivity index (χ3n) is 3.77. The summed E-state index contributed by atoms with van der Waals surface area (Å²) in [7, 11) is 0. The van der Waals surface area contributed by atoms with Crippen molar-refractivity contribution < 1.29 is 4.79 Å². The van der Waals surface area contributed by atoms with Gasteiger partial charge in [0, 0.05) is 27.7 Å². The summed E-state index contributed by atoms with van der Waals surface area (Å²) in [5, 5.41) is 4.41. The number of hydrogen-bond acceptors (Lipinski definition) is 4. The fourth-order valence-corrected chi connectivity index (χ4v) is 3.78. The van der Waals surface area contributed by atoms with E-state index in [1.807, 2.05) is 18.2 Å². The average Bonchev–Trinajstić information content (AvgIpc) is 3.11. The van der Waals surface area contributed by atoms with Crippen molar-refractivity contribution in [1.29, 1.82) is 0 Å². The van der Waals surface area contributed by atoms with Crippen LogP contribution in [0.15, 0.2) is 24.4 Å². The molecule has 0 unspecified atom stereocenters. The minimum Gasteiger partial charge on any atom is -0.399 e.